The van der Waals surface area contributed by atoms with Crippen molar-refractivity contribution in [3.8, 4) is 0 Å². The second-order valence-electron chi connectivity index (χ2n) is 3.12. The van der Waals surface area contributed by atoms with E-state index in [1.54, 1.807) is 6.20 Å². The molecule has 15 heavy (non-hydrogen) atoms. The fourth-order valence-electron chi connectivity index (χ4n) is 1.14. The highest BCUT2D eigenvalue weighted by Gasteiger charge is 2.05. The fourth-order valence-corrected chi connectivity index (χ4v) is 1.33. The minimum Gasteiger partial charge on any atom is -0.395 e. The third-order valence-electron chi connectivity index (χ3n) is 2.13. The number of nitrogens with zero attached hydrogens (tertiary/aromatic N) is 1. The number of hydrogen-bond acceptors (Lipinski definition) is 3. The lowest BCUT2D eigenvalue weighted by molar-refractivity contribution is 0.238. The Balaban J connectivity index is 0.00000196. The van der Waals surface area contributed by atoms with Crippen LogP contribution in [0.4, 0.5) is 0 Å². The van der Waals surface area contributed by atoms with Crippen LogP contribution in [0.3, 0.4) is 0 Å². The van der Waals surface area contributed by atoms with Gasteiger partial charge in [0.05, 0.1) is 6.61 Å². The molecular weight excluding hydrogens is 235 g/mol. The van der Waals surface area contributed by atoms with Crippen LogP contribution >= 0.6 is 24.0 Å². The van der Waals surface area contributed by atoms with Crippen molar-refractivity contribution in [3.63, 3.8) is 0 Å². The van der Waals surface area contributed by atoms with Crippen molar-refractivity contribution in [1.29, 1.82) is 0 Å². The number of rotatable bonds is 5. The number of nitrogens with one attached hydrogen (secondary N) is 1. The van der Waals surface area contributed by atoms with Crippen molar-refractivity contribution < 1.29 is 5.11 Å². The lowest BCUT2D eigenvalue weighted by Gasteiger charge is -2.13. The molecule has 5 heteroatoms. The van der Waals surface area contributed by atoms with E-state index in [-0.39, 0.29) is 25.1 Å². The van der Waals surface area contributed by atoms with Crippen LogP contribution in [0.25, 0.3) is 0 Å². The first-order valence-corrected chi connectivity index (χ1v) is 5.09. The van der Waals surface area contributed by atoms with E-state index in [2.05, 4.69) is 10.3 Å². The molecule has 3 nitrogen and oxygen atoms in total. The molecular formula is C10H16Cl2N2O. The molecule has 0 spiro atoms. The van der Waals surface area contributed by atoms with E-state index in [1.165, 1.54) is 0 Å². The Bertz CT molecular complexity index is 280. The van der Waals surface area contributed by atoms with E-state index >= 15 is 0 Å². The molecule has 0 aliphatic heterocycles. The summed E-state index contributed by atoms with van der Waals surface area (Å²) in [5.41, 5.74) is 0.959. The Morgan fingerprint density at radius 1 is 1.60 bits per heavy atom. The minimum atomic E-state index is 0. The molecule has 86 valence electrons. The number of hydrogen-bond donors (Lipinski definition) is 2. The van der Waals surface area contributed by atoms with E-state index in [1.807, 2.05) is 19.1 Å². The molecule has 0 bridgehead atoms. The van der Waals surface area contributed by atoms with Crippen molar-refractivity contribution >= 4 is 24.0 Å². The predicted molar refractivity (Wildman–Crippen MR) is 64.5 cm³/mol. The van der Waals surface area contributed by atoms with Gasteiger partial charge in [0, 0.05) is 24.3 Å². The number of halogens is 2. The van der Waals surface area contributed by atoms with Crippen LogP contribution in [0.5, 0.6) is 0 Å². The quantitative estimate of drug-likeness (QED) is 0.787. The zero-order chi connectivity index (χ0) is 10.4. The van der Waals surface area contributed by atoms with Gasteiger partial charge in [-0.2, -0.15) is 0 Å². The Kier molecular flexibility index (Phi) is 7.70. The Morgan fingerprint density at radius 2 is 2.33 bits per heavy atom. The molecule has 1 atom stereocenters. The molecule has 2 N–H and O–H groups in total. The normalized spacial score (nSPS) is 11.9. The summed E-state index contributed by atoms with van der Waals surface area (Å²) >= 11 is 5.88. The van der Waals surface area contributed by atoms with Gasteiger partial charge in [-0.25, -0.2) is 4.98 Å². The summed E-state index contributed by atoms with van der Waals surface area (Å²) in [6.07, 6.45) is 2.56. The molecule has 0 amide bonds. The molecule has 0 aromatic carbocycles. The van der Waals surface area contributed by atoms with Gasteiger partial charge >= 0.3 is 0 Å². The first-order chi connectivity index (χ1) is 6.77. The van der Waals surface area contributed by atoms with Crippen molar-refractivity contribution in [2.75, 3.05) is 6.61 Å². The van der Waals surface area contributed by atoms with E-state index < -0.39 is 0 Å². The third kappa shape index (κ3) is 4.80. The van der Waals surface area contributed by atoms with Crippen LogP contribution in [-0.4, -0.2) is 22.7 Å². The largest absolute Gasteiger partial charge is 0.395 e. The highest BCUT2D eigenvalue weighted by molar-refractivity contribution is 6.30. The molecule has 0 saturated carbocycles. The third-order valence-corrected chi connectivity index (χ3v) is 2.47. The van der Waals surface area contributed by atoms with Gasteiger partial charge in [0.2, 0.25) is 0 Å². The summed E-state index contributed by atoms with van der Waals surface area (Å²) in [5, 5.41) is 12.7. The standard InChI is InChI=1S/C10H15ClN2O.ClH/c1-2-9(7-14)13-6-8-4-3-5-12-10(8)11;/h3-5,9,13-14H,2,6-7H2,1H3;1H. The van der Waals surface area contributed by atoms with Gasteiger partial charge in [0.1, 0.15) is 5.15 Å². The molecule has 1 aromatic heterocycles. The highest BCUT2D eigenvalue weighted by atomic mass is 35.5. The SMILES string of the molecule is CCC(CO)NCc1cccnc1Cl.Cl. The van der Waals surface area contributed by atoms with E-state index in [9.17, 15) is 0 Å². The number of aromatic nitrogens is 1. The average molecular weight is 251 g/mol. The summed E-state index contributed by atoms with van der Waals surface area (Å²) in [5.74, 6) is 0. The molecule has 1 aromatic rings. The summed E-state index contributed by atoms with van der Waals surface area (Å²) in [6.45, 7) is 2.82. The second-order valence-corrected chi connectivity index (χ2v) is 3.48. The van der Waals surface area contributed by atoms with Gasteiger partial charge in [0.15, 0.2) is 0 Å². The fraction of sp³-hybridized carbons (Fsp3) is 0.500. The van der Waals surface area contributed by atoms with Gasteiger partial charge in [-0.05, 0) is 12.5 Å². The lowest BCUT2D eigenvalue weighted by Crippen LogP contribution is -2.31. The highest BCUT2D eigenvalue weighted by Crippen LogP contribution is 2.11. The molecule has 1 unspecified atom stereocenters. The van der Waals surface area contributed by atoms with Crippen LogP contribution in [0.15, 0.2) is 18.3 Å². The van der Waals surface area contributed by atoms with Crippen molar-refractivity contribution in [3.05, 3.63) is 29.0 Å². The summed E-state index contributed by atoms with van der Waals surface area (Å²) in [6, 6.07) is 3.90. The van der Waals surface area contributed by atoms with Crippen LogP contribution in [-0.2, 0) is 6.54 Å². The summed E-state index contributed by atoms with van der Waals surface area (Å²) < 4.78 is 0. The second kappa shape index (κ2) is 7.88. The first kappa shape index (κ1) is 14.6. The summed E-state index contributed by atoms with van der Waals surface area (Å²) in [4.78, 5) is 3.97. The first-order valence-electron chi connectivity index (χ1n) is 4.71. The van der Waals surface area contributed by atoms with Crippen molar-refractivity contribution in [1.82, 2.24) is 10.3 Å². The molecule has 0 saturated heterocycles. The van der Waals surface area contributed by atoms with Gasteiger partial charge in [-0.1, -0.05) is 24.6 Å². The number of pyridine rings is 1. The zero-order valence-electron chi connectivity index (χ0n) is 8.61. The van der Waals surface area contributed by atoms with E-state index in [0.717, 1.165) is 12.0 Å². The molecule has 0 fully saturated rings. The number of aliphatic hydroxyl groups excluding tert-OH is 1. The summed E-state index contributed by atoms with van der Waals surface area (Å²) in [7, 11) is 0. The van der Waals surface area contributed by atoms with Crippen LogP contribution < -0.4 is 5.32 Å². The molecule has 1 heterocycles. The van der Waals surface area contributed by atoms with Crippen LogP contribution in [0, 0.1) is 0 Å². The molecule has 0 aliphatic carbocycles. The topological polar surface area (TPSA) is 45.1 Å². The minimum absolute atomic E-state index is 0. The Labute approximate surface area is 101 Å². The molecule has 1 rings (SSSR count). The van der Waals surface area contributed by atoms with Gasteiger partial charge in [-0.3, -0.25) is 0 Å². The lowest BCUT2D eigenvalue weighted by atomic mass is 10.2. The maximum atomic E-state index is 8.96. The maximum Gasteiger partial charge on any atom is 0.133 e. The van der Waals surface area contributed by atoms with Crippen molar-refractivity contribution in [2.45, 2.75) is 25.9 Å². The molecule has 0 aliphatic rings. The van der Waals surface area contributed by atoms with Crippen molar-refractivity contribution in [2.24, 2.45) is 0 Å². The predicted octanol–water partition coefficient (Wildman–Crippen LogP) is 2.02. The van der Waals surface area contributed by atoms with Gasteiger partial charge in [-0.15, -0.1) is 12.4 Å². The van der Waals surface area contributed by atoms with Gasteiger partial charge < -0.3 is 10.4 Å². The maximum absolute atomic E-state index is 8.96. The average Bonchev–Trinajstić information content (AvgIpc) is 2.22. The molecule has 0 radical (unpaired) electrons. The zero-order valence-corrected chi connectivity index (χ0v) is 10.2. The van der Waals surface area contributed by atoms with Crippen LogP contribution in [0.1, 0.15) is 18.9 Å². The Morgan fingerprint density at radius 3 is 2.87 bits per heavy atom. The van der Waals surface area contributed by atoms with Crippen LogP contribution in [0.2, 0.25) is 5.15 Å². The van der Waals surface area contributed by atoms with E-state index in [4.69, 9.17) is 16.7 Å². The Hall–Kier alpha value is -0.350. The van der Waals surface area contributed by atoms with E-state index in [0.29, 0.717) is 11.7 Å². The van der Waals surface area contributed by atoms with Gasteiger partial charge in [0.25, 0.3) is 0 Å². The number of aliphatic hydroxyl groups is 1. The smallest absolute Gasteiger partial charge is 0.133 e. The monoisotopic (exact) mass is 250 g/mol.